The third kappa shape index (κ3) is 4.71. The Balaban J connectivity index is 1.63. The van der Waals surface area contributed by atoms with Crippen LogP contribution in [0.15, 0.2) is 48.5 Å². The Morgan fingerprint density at radius 1 is 1.00 bits per heavy atom. The van der Waals surface area contributed by atoms with Crippen molar-refractivity contribution in [2.24, 2.45) is 0 Å². The van der Waals surface area contributed by atoms with Crippen LogP contribution in [-0.4, -0.2) is 58.8 Å². The van der Waals surface area contributed by atoms with Crippen LogP contribution in [0.25, 0.3) is 0 Å². The van der Waals surface area contributed by atoms with Crippen LogP contribution in [0.3, 0.4) is 0 Å². The quantitative estimate of drug-likeness (QED) is 0.847. The van der Waals surface area contributed by atoms with Crippen molar-refractivity contribution in [3.8, 4) is 5.75 Å². The predicted octanol–water partition coefficient (Wildman–Crippen LogP) is 2.03. The molecule has 27 heavy (non-hydrogen) atoms. The minimum atomic E-state index is -3.33. The minimum Gasteiger partial charge on any atom is -0.495 e. The molecule has 0 atom stereocenters. The van der Waals surface area contributed by atoms with Gasteiger partial charge in [-0.15, -0.1) is 0 Å². The van der Waals surface area contributed by atoms with Gasteiger partial charge in [-0.1, -0.05) is 12.1 Å². The molecule has 0 aromatic heterocycles. The van der Waals surface area contributed by atoms with Crippen LogP contribution < -0.4 is 14.4 Å². The van der Waals surface area contributed by atoms with Crippen molar-refractivity contribution in [3.63, 3.8) is 0 Å². The molecule has 2 aromatic rings. The first-order valence-corrected chi connectivity index (χ1v) is 10.5. The van der Waals surface area contributed by atoms with E-state index in [2.05, 4.69) is 9.62 Å². The smallest absolute Gasteiger partial charge is 0.253 e. The Morgan fingerprint density at radius 3 is 2.22 bits per heavy atom. The summed E-state index contributed by atoms with van der Waals surface area (Å²) in [5, 5.41) is 0. The third-order valence-corrected chi connectivity index (χ3v) is 5.03. The van der Waals surface area contributed by atoms with E-state index in [0.717, 1.165) is 30.8 Å². The van der Waals surface area contributed by atoms with Crippen molar-refractivity contribution in [2.75, 3.05) is 49.2 Å². The average molecular weight is 389 g/mol. The highest BCUT2D eigenvalue weighted by atomic mass is 32.2. The van der Waals surface area contributed by atoms with Gasteiger partial charge in [-0.05, 0) is 36.4 Å². The fourth-order valence-electron chi connectivity index (χ4n) is 3.12. The number of methoxy groups -OCH3 is 1. The first-order chi connectivity index (χ1) is 12.9. The molecule has 1 N–H and O–H groups in total. The number of hydrogen-bond acceptors (Lipinski definition) is 5. The number of hydrogen-bond donors (Lipinski definition) is 1. The molecule has 1 aliphatic rings. The van der Waals surface area contributed by atoms with E-state index in [4.69, 9.17) is 4.74 Å². The lowest BCUT2D eigenvalue weighted by atomic mass is 10.1. The number of sulfonamides is 1. The van der Waals surface area contributed by atoms with Gasteiger partial charge in [0, 0.05) is 37.4 Å². The summed E-state index contributed by atoms with van der Waals surface area (Å²) in [5.41, 5.74) is 2.01. The summed E-state index contributed by atoms with van der Waals surface area (Å²) in [6.07, 6.45) is 1.09. The Kier molecular flexibility index (Phi) is 5.55. The number of carbonyl (C=O) groups is 1. The van der Waals surface area contributed by atoms with Crippen LogP contribution >= 0.6 is 0 Å². The van der Waals surface area contributed by atoms with Crippen LogP contribution in [0, 0.1) is 0 Å². The summed E-state index contributed by atoms with van der Waals surface area (Å²) in [7, 11) is -1.68. The van der Waals surface area contributed by atoms with E-state index < -0.39 is 10.0 Å². The lowest BCUT2D eigenvalue weighted by molar-refractivity contribution is 0.0746. The SMILES string of the molecule is COc1ccccc1N1CCN(C(=O)c2ccc(NS(C)(=O)=O)cc2)CC1. The Morgan fingerprint density at radius 2 is 1.63 bits per heavy atom. The second kappa shape index (κ2) is 7.87. The maximum Gasteiger partial charge on any atom is 0.253 e. The van der Waals surface area contributed by atoms with E-state index in [0.29, 0.717) is 24.3 Å². The molecule has 3 rings (SSSR count). The summed E-state index contributed by atoms with van der Waals surface area (Å²) < 4.78 is 30.3. The van der Waals surface area contributed by atoms with Crippen molar-refractivity contribution in [3.05, 3.63) is 54.1 Å². The van der Waals surface area contributed by atoms with E-state index in [-0.39, 0.29) is 5.91 Å². The van der Waals surface area contributed by atoms with Gasteiger partial charge in [0.05, 0.1) is 19.1 Å². The van der Waals surface area contributed by atoms with Gasteiger partial charge in [-0.2, -0.15) is 0 Å². The zero-order valence-electron chi connectivity index (χ0n) is 15.4. The number of nitrogens with one attached hydrogen (secondary N) is 1. The lowest BCUT2D eigenvalue weighted by Crippen LogP contribution is -2.48. The number of ether oxygens (including phenoxy) is 1. The van der Waals surface area contributed by atoms with Crippen molar-refractivity contribution < 1.29 is 17.9 Å². The number of amides is 1. The van der Waals surface area contributed by atoms with Gasteiger partial charge < -0.3 is 14.5 Å². The highest BCUT2D eigenvalue weighted by molar-refractivity contribution is 7.92. The summed E-state index contributed by atoms with van der Waals surface area (Å²) in [4.78, 5) is 16.7. The van der Waals surface area contributed by atoms with Gasteiger partial charge in [0.15, 0.2) is 0 Å². The summed E-state index contributed by atoms with van der Waals surface area (Å²) in [6.45, 7) is 2.67. The molecule has 1 heterocycles. The molecule has 7 nitrogen and oxygen atoms in total. The number of rotatable bonds is 5. The summed E-state index contributed by atoms with van der Waals surface area (Å²) in [6, 6.07) is 14.3. The maximum atomic E-state index is 12.7. The zero-order chi connectivity index (χ0) is 19.4. The van der Waals surface area contributed by atoms with Crippen molar-refractivity contribution in [1.82, 2.24) is 4.90 Å². The van der Waals surface area contributed by atoms with E-state index >= 15 is 0 Å². The molecular weight excluding hydrogens is 366 g/mol. The molecule has 1 saturated heterocycles. The normalized spacial score (nSPS) is 14.7. The third-order valence-electron chi connectivity index (χ3n) is 4.43. The van der Waals surface area contributed by atoms with Crippen molar-refractivity contribution in [2.45, 2.75) is 0 Å². The molecule has 0 saturated carbocycles. The van der Waals surface area contributed by atoms with Crippen LogP contribution in [0.1, 0.15) is 10.4 Å². The minimum absolute atomic E-state index is 0.0550. The molecule has 0 spiro atoms. The van der Waals surface area contributed by atoms with Gasteiger partial charge in [0.1, 0.15) is 5.75 Å². The van der Waals surface area contributed by atoms with Crippen LogP contribution in [-0.2, 0) is 10.0 Å². The number of carbonyl (C=O) groups excluding carboxylic acids is 1. The molecule has 0 unspecified atom stereocenters. The molecule has 1 fully saturated rings. The largest absolute Gasteiger partial charge is 0.495 e. The average Bonchev–Trinajstić information content (AvgIpc) is 2.67. The summed E-state index contributed by atoms with van der Waals surface area (Å²) in [5.74, 6) is 0.770. The number of anilines is 2. The Hall–Kier alpha value is -2.74. The maximum absolute atomic E-state index is 12.7. The van der Waals surface area contributed by atoms with E-state index in [1.54, 1.807) is 31.4 Å². The molecule has 1 amide bonds. The fourth-order valence-corrected chi connectivity index (χ4v) is 3.68. The topological polar surface area (TPSA) is 79.0 Å². The van der Waals surface area contributed by atoms with E-state index in [9.17, 15) is 13.2 Å². The first-order valence-electron chi connectivity index (χ1n) is 8.62. The van der Waals surface area contributed by atoms with Gasteiger partial charge in [-0.3, -0.25) is 9.52 Å². The monoisotopic (exact) mass is 389 g/mol. The van der Waals surface area contributed by atoms with Gasteiger partial charge in [-0.25, -0.2) is 8.42 Å². The van der Waals surface area contributed by atoms with Gasteiger partial charge >= 0.3 is 0 Å². The van der Waals surface area contributed by atoms with Gasteiger partial charge in [0.25, 0.3) is 5.91 Å². The van der Waals surface area contributed by atoms with Crippen molar-refractivity contribution in [1.29, 1.82) is 0 Å². The summed E-state index contributed by atoms with van der Waals surface area (Å²) >= 11 is 0. The fraction of sp³-hybridized carbons (Fsp3) is 0.316. The zero-order valence-corrected chi connectivity index (χ0v) is 16.2. The lowest BCUT2D eigenvalue weighted by Gasteiger charge is -2.36. The van der Waals surface area contributed by atoms with Crippen LogP contribution in [0.2, 0.25) is 0 Å². The predicted molar refractivity (Wildman–Crippen MR) is 106 cm³/mol. The highest BCUT2D eigenvalue weighted by Crippen LogP contribution is 2.28. The standard InChI is InChI=1S/C19H23N3O4S/c1-26-18-6-4-3-5-17(18)21-11-13-22(14-12-21)19(23)15-7-9-16(10-8-15)20-27(2,24)25/h3-10,20H,11-14H2,1-2H3. The van der Waals surface area contributed by atoms with Crippen LogP contribution in [0.5, 0.6) is 5.75 Å². The number of para-hydroxylation sites is 2. The Labute approximate surface area is 159 Å². The number of benzene rings is 2. The molecule has 0 bridgehead atoms. The van der Waals surface area contributed by atoms with Crippen molar-refractivity contribution >= 4 is 27.3 Å². The molecule has 0 radical (unpaired) electrons. The van der Waals surface area contributed by atoms with E-state index in [1.807, 2.05) is 29.2 Å². The molecule has 0 aliphatic carbocycles. The second-order valence-corrected chi connectivity index (χ2v) is 8.15. The van der Waals surface area contributed by atoms with Crippen LogP contribution in [0.4, 0.5) is 11.4 Å². The molecule has 8 heteroatoms. The first kappa shape index (κ1) is 19.0. The van der Waals surface area contributed by atoms with Gasteiger partial charge in [0.2, 0.25) is 10.0 Å². The molecule has 1 aliphatic heterocycles. The molecule has 2 aromatic carbocycles. The number of nitrogens with zero attached hydrogens (tertiary/aromatic N) is 2. The second-order valence-electron chi connectivity index (χ2n) is 6.40. The molecule has 144 valence electrons. The van der Waals surface area contributed by atoms with E-state index in [1.165, 1.54) is 0 Å². The number of piperazine rings is 1. The Bertz CT molecular complexity index is 905. The molecular formula is C19H23N3O4S. The highest BCUT2D eigenvalue weighted by Gasteiger charge is 2.23.